The van der Waals surface area contributed by atoms with E-state index in [1.165, 1.54) is 18.2 Å². The average molecular weight is 521 g/mol. The highest BCUT2D eigenvalue weighted by Crippen LogP contribution is 2.54. The van der Waals surface area contributed by atoms with E-state index >= 15 is 4.39 Å². The third kappa shape index (κ3) is 4.38. The van der Waals surface area contributed by atoms with Gasteiger partial charge in [0.05, 0.1) is 30.4 Å². The normalized spacial score (nSPS) is 28.3. The molecule has 38 heavy (non-hydrogen) atoms. The molecular weight excluding hydrogens is 486 g/mol. The second kappa shape index (κ2) is 9.80. The minimum atomic E-state index is -0.615. The smallest absolute Gasteiger partial charge is 0.319 e. The maximum Gasteiger partial charge on any atom is 0.319 e. The van der Waals surface area contributed by atoms with Gasteiger partial charge in [0.15, 0.2) is 0 Å². The summed E-state index contributed by atoms with van der Waals surface area (Å²) < 4.78 is 30.2. The fourth-order valence-electron chi connectivity index (χ4n) is 7.50. The highest BCUT2D eigenvalue weighted by molar-refractivity contribution is 5.89. The van der Waals surface area contributed by atoms with Gasteiger partial charge in [0.2, 0.25) is 0 Å². The summed E-state index contributed by atoms with van der Waals surface area (Å²) in [5, 5.41) is 17.8. The number of aliphatic hydroxyl groups is 1. The van der Waals surface area contributed by atoms with Crippen LogP contribution in [0.4, 0.5) is 19.3 Å². The van der Waals surface area contributed by atoms with Crippen LogP contribution < -0.4 is 10.6 Å². The molecule has 2 bridgehead atoms. The Morgan fingerprint density at radius 2 is 2.00 bits per heavy atom. The van der Waals surface area contributed by atoms with Crippen molar-refractivity contribution in [3.05, 3.63) is 72.2 Å². The van der Waals surface area contributed by atoms with Gasteiger partial charge in [-0.3, -0.25) is 0 Å². The van der Waals surface area contributed by atoms with Gasteiger partial charge in [0.1, 0.15) is 11.6 Å². The van der Waals surface area contributed by atoms with Crippen molar-refractivity contribution in [1.29, 1.82) is 0 Å². The van der Waals surface area contributed by atoms with Gasteiger partial charge in [-0.25, -0.2) is 18.6 Å². The molecule has 5 unspecified atom stereocenters. The average Bonchev–Trinajstić information content (AvgIpc) is 3.50. The van der Waals surface area contributed by atoms with Gasteiger partial charge in [-0.1, -0.05) is 19.1 Å². The summed E-state index contributed by atoms with van der Waals surface area (Å²) >= 11 is 0. The second-order valence-corrected chi connectivity index (χ2v) is 11.4. The molecule has 3 aliphatic rings. The zero-order valence-corrected chi connectivity index (χ0v) is 21.5. The Bertz CT molecular complexity index is 1330. The molecule has 2 amide bonds. The molecule has 1 aromatic heterocycles. The molecule has 2 fully saturated rings. The number of nitrogens with one attached hydrogen (secondary N) is 2. The number of amides is 2. The first kappa shape index (κ1) is 25.0. The lowest BCUT2D eigenvalue weighted by Gasteiger charge is -2.52. The van der Waals surface area contributed by atoms with Crippen molar-refractivity contribution in [3.63, 3.8) is 0 Å². The molecule has 0 saturated heterocycles. The Labute approximate surface area is 221 Å². The number of carbonyl (C=O) groups excluding carboxylic acids is 1. The number of urea groups is 1. The Morgan fingerprint density at radius 1 is 1.18 bits per heavy atom. The molecule has 6 atom stereocenters. The summed E-state index contributed by atoms with van der Waals surface area (Å²) in [6.07, 6.45) is 8.83. The van der Waals surface area contributed by atoms with Crippen LogP contribution in [0.15, 0.2) is 55.0 Å². The standard InChI is InChI=1S/C30H34F2N4O2/c1-2-30(27(37)13-25-28-22(4-3-5-23(28)32)26-16-33-17-36(25)26)14-18-6-11-24(19(12-18)15-30)35-29(38)34-21-9-7-20(31)8-10-21/h3-5,7-10,16-19,24-25,27,37H,2,6,11-15H2,1H3,(H2,34,35,38)/t18?,19?,24-,25?,27?,30?/m1/s1. The predicted molar refractivity (Wildman–Crippen MR) is 142 cm³/mol. The van der Waals surface area contributed by atoms with Crippen molar-refractivity contribution in [3.8, 4) is 11.3 Å². The van der Waals surface area contributed by atoms with Crippen LogP contribution in [0.25, 0.3) is 11.3 Å². The minimum absolute atomic E-state index is 0.00928. The summed E-state index contributed by atoms with van der Waals surface area (Å²) in [4.78, 5) is 17.0. The molecule has 2 aliphatic carbocycles. The third-order valence-electron chi connectivity index (χ3n) is 9.39. The van der Waals surface area contributed by atoms with Gasteiger partial charge >= 0.3 is 6.03 Å². The second-order valence-electron chi connectivity index (χ2n) is 11.4. The largest absolute Gasteiger partial charge is 0.392 e. The van der Waals surface area contributed by atoms with Crippen LogP contribution in [0.5, 0.6) is 0 Å². The molecule has 2 heterocycles. The number of aromatic nitrogens is 2. The number of aliphatic hydroxyl groups excluding tert-OH is 1. The minimum Gasteiger partial charge on any atom is -0.392 e. The molecule has 2 saturated carbocycles. The molecule has 0 radical (unpaired) electrons. The van der Waals surface area contributed by atoms with E-state index in [9.17, 15) is 14.3 Å². The van der Waals surface area contributed by atoms with E-state index in [-0.39, 0.29) is 41.1 Å². The maximum absolute atomic E-state index is 15.0. The first-order valence-electron chi connectivity index (χ1n) is 13.7. The number of nitrogens with zero attached hydrogens (tertiary/aromatic N) is 2. The van der Waals surface area contributed by atoms with Crippen LogP contribution in [-0.4, -0.2) is 32.8 Å². The van der Waals surface area contributed by atoms with Crippen molar-refractivity contribution >= 4 is 11.7 Å². The molecular formula is C30H34F2N4O2. The van der Waals surface area contributed by atoms with E-state index in [4.69, 9.17) is 0 Å². The molecule has 3 N–H and O–H groups in total. The summed E-state index contributed by atoms with van der Waals surface area (Å²) in [7, 11) is 0. The molecule has 1 aliphatic heterocycles. The number of carbonyl (C=O) groups is 1. The molecule has 8 heteroatoms. The van der Waals surface area contributed by atoms with Crippen molar-refractivity contribution in [2.75, 3.05) is 5.32 Å². The molecule has 6 nitrogen and oxygen atoms in total. The van der Waals surface area contributed by atoms with Crippen LogP contribution >= 0.6 is 0 Å². The van der Waals surface area contributed by atoms with Crippen LogP contribution in [0.3, 0.4) is 0 Å². The number of hydrogen-bond donors (Lipinski definition) is 3. The van der Waals surface area contributed by atoms with Gasteiger partial charge in [0, 0.05) is 22.9 Å². The van der Waals surface area contributed by atoms with Gasteiger partial charge in [-0.2, -0.15) is 0 Å². The first-order chi connectivity index (χ1) is 18.4. The lowest BCUT2D eigenvalue weighted by molar-refractivity contribution is -0.0663. The number of hydrogen-bond acceptors (Lipinski definition) is 3. The highest BCUT2D eigenvalue weighted by Gasteiger charge is 2.49. The molecule has 0 spiro atoms. The third-order valence-corrected chi connectivity index (χ3v) is 9.39. The quantitative estimate of drug-likeness (QED) is 0.358. The van der Waals surface area contributed by atoms with Crippen LogP contribution in [-0.2, 0) is 0 Å². The zero-order chi connectivity index (χ0) is 26.4. The number of anilines is 1. The Hall–Kier alpha value is -3.26. The molecule has 6 rings (SSSR count). The Balaban J connectivity index is 1.18. The van der Waals surface area contributed by atoms with E-state index in [1.807, 2.05) is 10.6 Å². The molecule has 3 aromatic rings. The fourth-order valence-corrected chi connectivity index (χ4v) is 7.50. The summed E-state index contributed by atoms with van der Waals surface area (Å²) in [6.45, 7) is 2.14. The van der Waals surface area contributed by atoms with E-state index < -0.39 is 6.10 Å². The van der Waals surface area contributed by atoms with Gasteiger partial charge in [-0.15, -0.1) is 0 Å². The Kier molecular flexibility index (Phi) is 6.46. The van der Waals surface area contributed by atoms with E-state index in [1.54, 1.807) is 30.7 Å². The van der Waals surface area contributed by atoms with Crippen LogP contribution in [0, 0.1) is 28.9 Å². The lowest BCUT2D eigenvalue weighted by atomic mass is 9.56. The number of imidazole rings is 1. The SMILES string of the molecule is CCC1(C(O)CC2c3c(F)cccc3-c3cncn32)CC2CC[C@@H](NC(=O)Nc3ccc(F)cc3)C(C2)C1. The van der Waals surface area contributed by atoms with Crippen molar-refractivity contribution in [2.24, 2.45) is 17.3 Å². The predicted octanol–water partition coefficient (Wildman–Crippen LogP) is 6.28. The van der Waals surface area contributed by atoms with Gasteiger partial charge in [-0.05, 0) is 92.5 Å². The van der Waals surface area contributed by atoms with Gasteiger partial charge < -0.3 is 20.3 Å². The van der Waals surface area contributed by atoms with Crippen molar-refractivity contribution in [2.45, 2.75) is 70.1 Å². The van der Waals surface area contributed by atoms with E-state index in [2.05, 4.69) is 22.5 Å². The van der Waals surface area contributed by atoms with E-state index in [0.29, 0.717) is 23.6 Å². The number of benzene rings is 2. The van der Waals surface area contributed by atoms with E-state index in [0.717, 1.165) is 49.8 Å². The van der Waals surface area contributed by atoms with Crippen molar-refractivity contribution < 1.29 is 18.7 Å². The first-order valence-corrected chi connectivity index (χ1v) is 13.7. The van der Waals surface area contributed by atoms with Crippen LogP contribution in [0.1, 0.15) is 63.5 Å². The summed E-state index contributed by atoms with van der Waals surface area (Å²) in [5.74, 6) is 0.162. The summed E-state index contributed by atoms with van der Waals surface area (Å²) in [6, 6.07) is 10.3. The fraction of sp³-hybridized carbons (Fsp3) is 0.467. The topological polar surface area (TPSA) is 79.2 Å². The molecule has 200 valence electrons. The monoisotopic (exact) mass is 520 g/mol. The number of rotatable bonds is 6. The number of halogens is 2. The maximum atomic E-state index is 15.0. The molecule has 2 aromatic carbocycles. The van der Waals surface area contributed by atoms with Crippen LogP contribution in [0.2, 0.25) is 0 Å². The Morgan fingerprint density at radius 3 is 2.79 bits per heavy atom. The lowest BCUT2D eigenvalue weighted by Crippen LogP contribution is -2.52. The van der Waals surface area contributed by atoms with Crippen molar-refractivity contribution in [1.82, 2.24) is 14.9 Å². The highest BCUT2D eigenvalue weighted by atomic mass is 19.1. The summed E-state index contributed by atoms with van der Waals surface area (Å²) in [5.41, 5.74) is 2.63. The zero-order valence-electron chi connectivity index (χ0n) is 21.5. The van der Waals surface area contributed by atoms with Gasteiger partial charge in [0.25, 0.3) is 0 Å². The number of fused-ring (bicyclic) bond motifs is 5.